The Labute approximate surface area is 305 Å². The third-order valence-corrected chi connectivity index (χ3v) is 11.1. The van der Waals surface area contributed by atoms with Crippen molar-refractivity contribution in [1.82, 2.24) is 9.97 Å². The maximum Gasteiger partial charge on any atom is 0.123 e. The van der Waals surface area contributed by atoms with Crippen molar-refractivity contribution in [3.8, 4) is 11.5 Å². The Balaban J connectivity index is 1.17. The highest BCUT2D eigenvalue weighted by Gasteiger charge is 2.31. The van der Waals surface area contributed by atoms with Gasteiger partial charge in [-0.05, 0) is 81.6 Å². The van der Waals surface area contributed by atoms with Gasteiger partial charge in [-0.15, -0.1) is 0 Å². The van der Waals surface area contributed by atoms with Gasteiger partial charge in [0.25, 0.3) is 0 Å². The quantitative estimate of drug-likeness (QED) is 0.190. The highest BCUT2D eigenvalue weighted by molar-refractivity contribution is 6.12. The summed E-state index contributed by atoms with van der Waals surface area (Å²) in [7, 11) is 0. The van der Waals surface area contributed by atoms with Crippen LogP contribution in [0.15, 0.2) is 150 Å². The van der Waals surface area contributed by atoms with Gasteiger partial charge in [0, 0.05) is 86.8 Å². The second-order valence-electron chi connectivity index (χ2n) is 14.1. The monoisotopic (exact) mass is 686 g/mol. The van der Waals surface area contributed by atoms with Gasteiger partial charge < -0.3 is 19.4 Å². The van der Waals surface area contributed by atoms with E-state index in [1.807, 2.05) is 0 Å². The number of nitrogens with one attached hydrogen (secondary N) is 2. The Hall–Kier alpha value is -6.66. The van der Waals surface area contributed by atoms with Crippen molar-refractivity contribution in [2.24, 2.45) is 9.98 Å². The van der Waals surface area contributed by atoms with E-state index in [0.717, 1.165) is 83.8 Å². The summed E-state index contributed by atoms with van der Waals surface area (Å²) in [5, 5.41) is 6.76. The Morgan fingerprint density at radius 1 is 0.585 bits per heavy atom. The first-order valence-corrected chi connectivity index (χ1v) is 18.3. The fraction of sp³-hybridized carbons (Fsp3) is 0.106. The first-order chi connectivity index (χ1) is 26.3. The summed E-state index contributed by atoms with van der Waals surface area (Å²) in [6.45, 7) is 1.04. The number of allylic oxidation sites excluding steroid dienone is 1. The van der Waals surface area contributed by atoms with E-state index in [4.69, 9.17) is 19.5 Å². The molecule has 6 nitrogen and oxygen atoms in total. The molecule has 254 valence electrons. The Morgan fingerprint density at radius 2 is 1.19 bits per heavy atom. The molecular formula is C47H34N4O2. The zero-order valence-corrected chi connectivity index (χ0v) is 28.8. The van der Waals surface area contributed by atoms with E-state index in [0.29, 0.717) is 13.2 Å². The highest BCUT2D eigenvalue weighted by atomic mass is 16.5. The average molecular weight is 687 g/mol. The first kappa shape index (κ1) is 30.0. The van der Waals surface area contributed by atoms with Crippen LogP contribution in [0, 0.1) is 0 Å². The van der Waals surface area contributed by atoms with Crippen LogP contribution in [0.1, 0.15) is 46.1 Å². The number of aromatic nitrogens is 2. The minimum atomic E-state index is -0.113. The van der Waals surface area contributed by atoms with E-state index >= 15 is 0 Å². The highest BCUT2D eigenvalue weighted by Crippen LogP contribution is 2.46. The van der Waals surface area contributed by atoms with Gasteiger partial charge in [-0.1, -0.05) is 72.8 Å². The van der Waals surface area contributed by atoms with E-state index in [-0.39, 0.29) is 11.8 Å². The van der Waals surface area contributed by atoms with Crippen LogP contribution in [0.5, 0.6) is 11.5 Å². The zero-order chi connectivity index (χ0) is 34.9. The molecule has 0 amide bonds. The fourth-order valence-electron chi connectivity index (χ4n) is 8.67. The van der Waals surface area contributed by atoms with E-state index < -0.39 is 0 Å². The first-order valence-electron chi connectivity index (χ1n) is 18.3. The van der Waals surface area contributed by atoms with Gasteiger partial charge in [0.1, 0.15) is 11.5 Å². The fourth-order valence-corrected chi connectivity index (χ4v) is 8.67. The number of para-hydroxylation sites is 4. The molecule has 0 spiro atoms. The molecule has 3 bridgehead atoms. The van der Waals surface area contributed by atoms with Crippen molar-refractivity contribution >= 4 is 55.6 Å². The van der Waals surface area contributed by atoms with Crippen LogP contribution in [0.4, 0.5) is 5.69 Å². The maximum absolute atomic E-state index is 6.65. The van der Waals surface area contributed by atoms with Gasteiger partial charge >= 0.3 is 0 Å². The van der Waals surface area contributed by atoms with Crippen molar-refractivity contribution in [2.75, 3.05) is 13.2 Å². The molecule has 2 unspecified atom stereocenters. The molecule has 0 radical (unpaired) electrons. The van der Waals surface area contributed by atoms with E-state index in [9.17, 15) is 0 Å². The van der Waals surface area contributed by atoms with Crippen LogP contribution in [-0.2, 0) is 0 Å². The molecule has 0 aliphatic carbocycles. The molecule has 6 aromatic carbocycles. The number of benzene rings is 6. The molecule has 0 fully saturated rings. The van der Waals surface area contributed by atoms with Crippen LogP contribution in [-0.4, -0.2) is 29.4 Å². The molecule has 8 aromatic rings. The largest absolute Gasteiger partial charge is 0.493 e. The van der Waals surface area contributed by atoms with Gasteiger partial charge in [0.2, 0.25) is 0 Å². The number of aromatic amines is 2. The topological polar surface area (TPSA) is 74.8 Å². The smallest absolute Gasteiger partial charge is 0.123 e. The van der Waals surface area contributed by atoms with Crippen molar-refractivity contribution in [2.45, 2.75) is 18.3 Å². The van der Waals surface area contributed by atoms with Crippen molar-refractivity contribution in [3.63, 3.8) is 0 Å². The molecule has 2 atom stereocenters. The lowest BCUT2D eigenvalue weighted by Gasteiger charge is -2.23. The Bertz CT molecular complexity index is 2970. The Kier molecular flexibility index (Phi) is 6.77. The van der Waals surface area contributed by atoms with Crippen LogP contribution in [0.3, 0.4) is 0 Å². The van der Waals surface area contributed by atoms with Gasteiger partial charge in [-0.25, -0.2) is 0 Å². The van der Waals surface area contributed by atoms with Gasteiger partial charge in [-0.2, -0.15) is 0 Å². The summed E-state index contributed by atoms with van der Waals surface area (Å²) in [5.74, 6) is 1.51. The predicted octanol–water partition coefficient (Wildman–Crippen LogP) is 9.47. The summed E-state index contributed by atoms with van der Waals surface area (Å²) in [6.07, 6.45) is 9.15. The lowest BCUT2D eigenvalue weighted by Crippen LogP contribution is -2.15. The maximum atomic E-state index is 6.65. The number of hydrogen-bond donors (Lipinski definition) is 2. The number of hydrogen-bond acceptors (Lipinski definition) is 4. The molecule has 3 aliphatic heterocycles. The lowest BCUT2D eigenvalue weighted by molar-refractivity contribution is 0.245. The van der Waals surface area contributed by atoms with Crippen LogP contribution in [0.2, 0.25) is 0 Å². The molecule has 0 saturated heterocycles. The molecule has 53 heavy (non-hydrogen) atoms. The molecule has 0 saturated carbocycles. The molecule has 5 heterocycles. The molecule has 11 rings (SSSR count). The number of fused-ring (bicyclic) bond motifs is 4. The average Bonchev–Trinajstić information content (AvgIpc) is 4.01. The summed E-state index contributed by atoms with van der Waals surface area (Å²) in [5.41, 5.74) is 11.2. The third kappa shape index (κ3) is 4.79. The number of aliphatic imine (C=N–C) groups is 1. The van der Waals surface area contributed by atoms with E-state index in [1.54, 1.807) is 0 Å². The van der Waals surface area contributed by atoms with Gasteiger partial charge in [0.05, 0.1) is 24.3 Å². The SMILES string of the molecule is C1=Nc2cc3cc4c5cc3cc2=C1C(c1c[nH]c2ccccc12)c1ccccc1OCCCOc1ccccc1C(c1c[nH]c2ccccc12)C5=CN=4. The van der Waals surface area contributed by atoms with Gasteiger partial charge in [-0.3, -0.25) is 9.98 Å². The Morgan fingerprint density at radius 3 is 1.91 bits per heavy atom. The summed E-state index contributed by atoms with van der Waals surface area (Å²) in [4.78, 5) is 17.2. The number of ether oxygens (including phenoxy) is 2. The standard InChI is InChI=1S/C47H34N4O2/c1-5-14-40-30(10-1)36(24-48-40)46-32-12-3-7-16-44(32)52-18-9-19-53-45-17-8-4-13-33(45)47(37-25-49-41-15-6-2-11-31(37)41)39-27-51-43-23-29-22-42-34(38(46)26-50-42)20-28(29)21-35(39)43/h1-8,10-17,20-27,46-49H,9,18-19H2. The van der Waals surface area contributed by atoms with Crippen LogP contribution >= 0.6 is 0 Å². The lowest BCUT2D eigenvalue weighted by atomic mass is 9.81. The van der Waals surface area contributed by atoms with Gasteiger partial charge in [0.15, 0.2) is 0 Å². The van der Waals surface area contributed by atoms with Crippen LogP contribution < -0.4 is 20.0 Å². The second kappa shape index (κ2) is 12.0. The van der Waals surface area contributed by atoms with Crippen molar-refractivity contribution in [3.05, 3.63) is 178 Å². The molecular weight excluding hydrogens is 653 g/mol. The predicted molar refractivity (Wildman–Crippen MR) is 213 cm³/mol. The number of H-pyrrole nitrogens is 2. The summed E-state index contributed by atoms with van der Waals surface area (Å²) in [6, 6.07) is 43.0. The molecule has 2 N–H and O–H groups in total. The van der Waals surface area contributed by atoms with Crippen LogP contribution in [0.25, 0.3) is 43.7 Å². The molecule has 2 aromatic heterocycles. The minimum Gasteiger partial charge on any atom is -0.493 e. The summed E-state index contributed by atoms with van der Waals surface area (Å²) < 4.78 is 13.3. The van der Waals surface area contributed by atoms with Crippen molar-refractivity contribution < 1.29 is 9.47 Å². The van der Waals surface area contributed by atoms with Crippen molar-refractivity contribution in [1.29, 1.82) is 0 Å². The van der Waals surface area contributed by atoms with E-state index in [2.05, 4.69) is 156 Å². The normalized spacial score (nSPS) is 17.7. The summed E-state index contributed by atoms with van der Waals surface area (Å²) >= 11 is 0. The van der Waals surface area contributed by atoms with E-state index in [1.165, 1.54) is 21.9 Å². The number of nitrogens with zero attached hydrogens (tertiary/aromatic N) is 2. The molecule has 6 heteroatoms. The molecule has 3 aliphatic rings. The third-order valence-electron chi connectivity index (χ3n) is 11.1. The minimum absolute atomic E-state index is 0.113. The number of rotatable bonds is 2. The zero-order valence-electron chi connectivity index (χ0n) is 28.8. The second-order valence-corrected chi connectivity index (χ2v) is 14.1.